The van der Waals surface area contributed by atoms with E-state index >= 15 is 0 Å². The Labute approximate surface area is 176 Å². The standard InChI is InChI=1S/C21H24F2N5OP/c22-21(23,13-29)12-28-10-15-1-2-18(5-16(15)11-28)27-4-3-14-8-26-9-19(30)20(14)17(6-24)7-25/h1-9,24,27,29H,10-13,25,30H2/b4-3+,17-7?,24-6?. The fourth-order valence-corrected chi connectivity index (χ4v) is 3.85. The van der Waals surface area contributed by atoms with Gasteiger partial charge in [-0.15, -0.1) is 9.24 Å². The van der Waals surface area contributed by atoms with Gasteiger partial charge in [0.1, 0.15) is 6.61 Å². The molecule has 0 spiro atoms. The molecule has 2 aromatic rings. The summed E-state index contributed by atoms with van der Waals surface area (Å²) in [6.45, 7) is -0.761. The van der Waals surface area contributed by atoms with Gasteiger partial charge in [-0.1, -0.05) is 6.07 Å². The van der Waals surface area contributed by atoms with Gasteiger partial charge >= 0.3 is 0 Å². The van der Waals surface area contributed by atoms with Gasteiger partial charge in [0, 0.05) is 66.5 Å². The first-order valence-electron chi connectivity index (χ1n) is 9.29. The Balaban J connectivity index is 1.72. The van der Waals surface area contributed by atoms with Crippen LogP contribution in [0.5, 0.6) is 0 Å². The van der Waals surface area contributed by atoms with Gasteiger partial charge in [0.25, 0.3) is 5.92 Å². The molecule has 9 heteroatoms. The Kier molecular flexibility index (Phi) is 6.92. The van der Waals surface area contributed by atoms with E-state index < -0.39 is 19.1 Å². The molecule has 30 heavy (non-hydrogen) atoms. The van der Waals surface area contributed by atoms with Gasteiger partial charge in [0.2, 0.25) is 0 Å². The quantitative estimate of drug-likeness (QED) is 0.381. The van der Waals surface area contributed by atoms with Crippen LogP contribution in [-0.2, 0) is 13.1 Å². The van der Waals surface area contributed by atoms with E-state index in [1.165, 1.54) is 12.4 Å². The molecule has 0 radical (unpaired) electrons. The van der Waals surface area contributed by atoms with Crippen molar-refractivity contribution < 1.29 is 13.9 Å². The SMILES string of the molecule is N=CC(=CN)c1c(P)cncc1/C=C/Nc1ccc2c(c1)CN(CC(F)(F)CO)C2. The molecule has 0 aliphatic carbocycles. The number of aliphatic hydroxyl groups is 1. The van der Waals surface area contributed by atoms with Crippen molar-refractivity contribution in [3.05, 3.63) is 65.2 Å². The molecule has 0 saturated heterocycles. The van der Waals surface area contributed by atoms with Crippen LogP contribution in [0.4, 0.5) is 14.5 Å². The zero-order chi connectivity index (χ0) is 21.7. The van der Waals surface area contributed by atoms with Crippen molar-refractivity contribution in [2.45, 2.75) is 19.0 Å². The molecular weight excluding hydrogens is 407 g/mol. The van der Waals surface area contributed by atoms with E-state index in [1.807, 2.05) is 24.3 Å². The predicted octanol–water partition coefficient (Wildman–Crippen LogP) is 2.56. The zero-order valence-electron chi connectivity index (χ0n) is 16.3. The number of aliphatic hydroxyl groups excluding tert-OH is 1. The highest BCUT2D eigenvalue weighted by Crippen LogP contribution is 2.28. The van der Waals surface area contributed by atoms with Crippen LogP contribution in [0.1, 0.15) is 22.3 Å². The normalized spacial score (nSPS) is 14.9. The number of pyridine rings is 1. The molecule has 1 aromatic heterocycles. The fourth-order valence-electron chi connectivity index (χ4n) is 3.43. The Morgan fingerprint density at radius 2 is 2.10 bits per heavy atom. The number of alkyl halides is 2. The molecule has 1 aliphatic heterocycles. The second kappa shape index (κ2) is 9.43. The number of fused-ring (bicyclic) bond motifs is 1. The number of nitrogens with one attached hydrogen (secondary N) is 2. The van der Waals surface area contributed by atoms with E-state index in [-0.39, 0.29) is 0 Å². The second-order valence-corrected chi connectivity index (χ2v) is 7.70. The number of hydrogen-bond acceptors (Lipinski definition) is 6. The Morgan fingerprint density at radius 3 is 2.80 bits per heavy atom. The van der Waals surface area contributed by atoms with Crippen molar-refractivity contribution in [3.63, 3.8) is 0 Å². The van der Waals surface area contributed by atoms with Gasteiger partial charge in [-0.05, 0) is 34.6 Å². The summed E-state index contributed by atoms with van der Waals surface area (Å²) in [6, 6.07) is 5.75. The van der Waals surface area contributed by atoms with Crippen LogP contribution in [0.15, 0.2) is 43.0 Å². The zero-order valence-corrected chi connectivity index (χ0v) is 17.4. The predicted molar refractivity (Wildman–Crippen MR) is 120 cm³/mol. The molecule has 1 aliphatic rings. The lowest BCUT2D eigenvalue weighted by molar-refractivity contribution is -0.0738. The van der Waals surface area contributed by atoms with Gasteiger partial charge in [-0.25, -0.2) is 8.78 Å². The average molecular weight is 431 g/mol. The summed E-state index contributed by atoms with van der Waals surface area (Å²) in [4.78, 5) is 5.81. The molecule has 5 N–H and O–H groups in total. The third-order valence-electron chi connectivity index (χ3n) is 4.82. The van der Waals surface area contributed by atoms with Crippen LogP contribution in [-0.4, -0.2) is 40.3 Å². The molecule has 0 saturated carbocycles. The van der Waals surface area contributed by atoms with Crippen LogP contribution in [0, 0.1) is 5.41 Å². The molecule has 1 unspecified atom stereocenters. The largest absolute Gasteiger partial charge is 0.404 e. The summed E-state index contributed by atoms with van der Waals surface area (Å²) in [7, 11) is 2.59. The first-order chi connectivity index (χ1) is 14.4. The van der Waals surface area contributed by atoms with E-state index in [0.29, 0.717) is 18.7 Å². The van der Waals surface area contributed by atoms with Crippen LogP contribution >= 0.6 is 9.24 Å². The molecule has 6 nitrogen and oxygen atoms in total. The average Bonchev–Trinajstić information content (AvgIpc) is 3.11. The van der Waals surface area contributed by atoms with E-state index in [9.17, 15) is 8.78 Å². The molecule has 3 rings (SSSR count). The van der Waals surface area contributed by atoms with E-state index in [0.717, 1.165) is 33.2 Å². The van der Waals surface area contributed by atoms with E-state index in [1.54, 1.807) is 23.5 Å². The number of aromatic nitrogens is 1. The number of nitrogens with two attached hydrogens (primary N) is 1. The molecule has 2 heterocycles. The van der Waals surface area contributed by atoms with Gasteiger partial charge in [0.15, 0.2) is 0 Å². The van der Waals surface area contributed by atoms with Crippen LogP contribution in [0.25, 0.3) is 11.6 Å². The maximum absolute atomic E-state index is 13.5. The maximum atomic E-state index is 13.5. The fraction of sp³-hybridized carbons (Fsp3) is 0.238. The molecule has 1 aromatic carbocycles. The number of anilines is 1. The highest BCUT2D eigenvalue weighted by atomic mass is 31.0. The lowest BCUT2D eigenvalue weighted by atomic mass is 10.0. The molecule has 0 bridgehead atoms. The first kappa shape index (κ1) is 22.0. The van der Waals surface area contributed by atoms with Crippen molar-refractivity contribution >= 4 is 38.1 Å². The number of nitrogens with zero attached hydrogens (tertiary/aromatic N) is 2. The highest BCUT2D eigenvalue weighted by Gasteiger charge is 2.33. The number of benzene rings is 1. The lowest BCUT2D eigenvalue weighted by Crippen LogP contribution is -2.36. The van der Waals surface area contributed by atoms with Gasteiger partial charge in [0.05, 0.1) is 6.54 Å². The smallest absolute Gasteiger partial charge is 0.283 e. The monoisotopic (exact) mass is 431 g/mol. The summed E-state index contributed by atoms with van der Waals surface area (Å²) in [5.74, 6) is -3.10. The Hall–Kier alpha value is -2.67. The van der Waals surface area contributed by atoms with Crippen molar-refractivity contribution in [3.8, 4) is 0 Å². The first-order valence-corrected chi connectivity index (χ1v) is 9.86. The van der Waals surface area contributed by atoms with Crippen molar-refractivity contribution in [1.82, 2.24) is 9.88 Å². The minimum Gasteiger partial charge on any atom is -0.404 e. The summed E-state index contributed by atoms with van der Waals surface area (Å²) < 4.78 is 26.9. The molecule has 0 fully saturated rings. The maximum Gasteiger partial charge on any atom is 0.283 e. The van der Waals surface area contributed by atoms with Crippen LogP contribution in [0.2, 0.25) is 0 Å². The topological polar surface area (TPSA) is 98.3 Å². The Morgan fingerprint density at radius 1 is 1.33 bits per heavy atom. The highest BCUT2D eigenvalue weighted by molar-refractivity contribution is 7.27. The molecule has 0 amide bonds. The molecule has 1 atom stereocenters. The number of halogens is 2. The summed E-state index contributed by atoms with van der Waals surface area (Å²) in [5, 5.41) is 20.4. The minimum absolute atomic E-state index is 0.414. The van der Waals surface area contributed by atoms with Crippen LogP contribution < -0.4 is 16.4 Å². The lowest BCUT2D eigenvalue weighted by Gasteiger charge is -2.21. The van der Waals surface area contributed by atoms with Gasteiger partial charge in [-0.3, -0.25) is 9.88 Å². The molecular formula is C21H24F2N5OP. The molecule has 158 valence electrons. The summed E-state index contributed by atoms with van der Waals surface area (Å²) in [6.07, 6.45) is 9.55. The van der Waals surface area contributed by atoms with Gasteiger partial charge < -0.3 is 21.6 Å². The van der Waals surface area contributed by atoms with Crippen molar-refractivity contribution in [2.75, 3.05) is 18.5 Å². The van der Waals surface area contributed by atoms with Crippen LogP contribution in [0.3, 0.4) is 0 Å². The van der Waals surface area contributed by atoms with E-state index in [4.69, 9.17) is 16.2 Å². The minimum atomic E-state index is -3.10. The van der Waals surface area contributed by atoms with Crippen molar-refractivity contribution in [2.24, 2.45) is 5.73 Å². The van der Waals surface area contributed by atoms with Gasteiger partial charge in [-0.2, -0.15) is 0 Å². The third-order valence-corrected chi connectivity index (χ3v) is 5.26. The summed E-state index contributed by atoms with van der Waals surface area (Å²) in [5.41, 5.74) is 10.6. The van der Waals surface area contributed by atoms with E-state index in [2.05, 4.69) is 19.5 Å². The Bertz CT molecular complexity index is 993. The van der Waals surface area contributed by atoms with Crippen molar-refractivity contribution in [1.29, 1.82) is 5.41 Å². The number of hydrogen-bond donors (Lipinski definition) is 4. The number of allylic oxidation sites excluding steroid dienone is 1. The second-order valence-electron chi connectivity index (χ2n) is 7.08. The number of rotatable bonds is 8. The third kappa shape index (κ3) is 5.08. The summed E-state index contributed by atoms with van der Waals surface area (Å²) >= 11 is 0.